The summed E-state index contributed by atoms with van der Waals surface area (Å²) in [6, 6.07) is 0.508. The van der Waals surface area contributed by atoms with E-state index in [9.17, 15) is 0 Å². The highest BCUT2D eigenvalue weighted by Crippen LogP contribution is 2.16. The lowest BCUT2D eigenvalue weighted by molar-refractivity contribution is 0.402. The minimum Gasteiger partial charge on any atom is -0.350 e. The molecule has 1 rings (SSSR count). The van der Waals surface area contributed by atoms with Crippen LogP contribution in [0.2, 0.25) is 0 Å². The maximum atomic E-state index is 4.57. The van der Waals surface area contributed by atoms with E-state index < -0.39 is 0 Å². The second kappa shape index (κ2) is 7.15. The van der Waals surface area contributed by atoms with Crippen LogP contribution < -0.4 is 0 Å². The Morgan fingerprint density at radius 1 is 1.27 bits per heavy atom. The summed E-state index contributed by atoms with van der Waals surface area (Å²) >= 11 is 4.44. The molecule has 0 amide bonds. The average Bonchev–Trinajstić information content (AvgIpc) is 2.55. The molecule has 3 heteroatoms. The Balaban J connectivity index is 2.18. The molecule has 15 heavy (non-hydrogen) atoms. The summed E-state index contributed by atoms with van der Waals surface area (Å²) in [5, 5.41) is 0.963. The van der Waals surface area contributed by atoms with Crippen molar-refractivity contribution in [3.8, 4) is 0 Å². The van der Waals surface area contributed by atoms with E-state index in [-0.39, 0.29) is 0 Å². The third-order valence-electron chi connectivity index (χ3n) is 2.92. The molecular formula is C12H24N2S. The lowest BCUT2D eigenvalue weighted by Crippen LogP contribution is -2.27. The van der Waals surface area contributed by atoms with Crippen molar-refractivity contribution < 1.29 is 0 Å². The number of hydrogen-bond acceptors (Lipinski definition) is 2. The van der Waals surface area contributed by atoms with Crippen LogP contribution >= 0.6 is 12.6 Å². The molecule has 0 saturated carbocycles. The van der Waals surface area contributed by atoms with Crippen molar-refractivity contribution in [2.75, 3.05) is 13.1 Å². The Labute approximate surface area is 99.6 Å². The summed E-state index contributed by atoms with van der Waals surface area (Å²) in [4.78, 5) is 6.90. The highest BCUT2D eigenvalue weighted by molar-refractivity contribution is 7.96. The molecule has 0 saturated heterocycles. The SMILES string of the molecule is CCCCCCN1CC(CCC)N=C1S. The molecular weight excluding hydrogens is 204 g/mol. The number of hydrogen-bond donors (Lipinski definition) is 1. The average molecular weight is 228 g/mol. The van der Waals surface area contributed by atoms with Gasteiger partial charge in [-0.15, -0.1) is 12.6 Å². The number of rotatable bonds is 7. The zero-order valence-electron chi connectivity index (χ0n) is 10.1. The molecule has 2 nitrogen and oxygen atoms in total. The first-order valence-corrected chi connectivity index (χ1v) is 6.74. The minimum absolute atomic E-state index is 0.508. The molecule has 0 aromatic heterocycles. The maximum absolute atomic E-state index is 4.57. The van der Waals surface area contributed by atoms with Gasteiger partial charge in [0.15, 0.2) is 5.17 Å². The van der Waals surface area contributed by atoms with E-state index in [0.717, 1.165) is 18.3 Å². The molecule has 0 fully saturated rings. The predicted molar refractivity (Wildman–Crippen MR) is 70.8 cm³/mol. The summed E-state index contributed by atoms with van der Waals surface area (Å²) < 4.78 is 0. The van der Waals surface area contributed by atoms with Crippen LogP contribution in [-0.2, 0) is 0 Å². The third-order valence-corrected chi connectivity index (χ3v) is 3.31. The number of thiol groups is 1. The van der Waals surface area contributed by atoms with Crippen LogP contribution in [0.15, 0.2) is 4.99 Å². The van der Waals surface area contributed by atoms with Crippen molar-refractivity contribution in [1.29, 1.82) is 0 Å². The summed E-state index contributed by atoms with van der Waals surface area (Å²) in [5.74, 6) is 0. The van der Waals surface area contributed by atoms with Crippen LogP contribution in [0.3, 0.4) is 0 Å². The van der Waals surface area contributed by atoms with Gasteiger partial charge in [0.25, 0.3) is 0 Å². The molecule has 0 aromatic carbocycles. The second-order valence-corrected chi connectivity index (χ2v) is 4.78. The molecule has 1 atom stereocenters. The van der Waals surface area contributed by atoms with Crippen LogP contribution in [0.25, 0.3) is 0 Å². The highest BCUT2D eigenvalue weighted by atomic mass is 32.1. The fourth-order valence-corrected chi connectivity index (χ4v) is 2.38. The van der Waals surface area contributed by atoms with Crippen molar-refractivity contribution in [3.05, 3.63) is 0 Å². The number of nitrogens with zero attached hydrogens (tertiary/aromatic N) is 2. The molecule has 1 aliphatic heterocycles. The number of unbranched alkanes of at least 4 members (excludes halogenated alkanes) is 3. The minimum atomic E-state index is 0.508. The van der Waals surface area contributed by atoms with Gasteiger partial charge in [-0.05, 0) is 12.8 Å². The third kappa shape index (κ3) is 4.45. The Morgan fingerprint density at radius 2 is 2.07 bits per heavy atom. The van der Waals surface area contributed by atoms with Gasteiger partial charge in [-0.3, -0.25) is 4.99 Å². The quantitative estimate of drug-likeness (QED) is 0.522. The first-order chi connectivity index (χ1) is 7.27. The summed E-state index contributed by atoms with van der Waals surface area (Å²) in [5.41, 5.74) is 0. The lowest BCUT2D eigenvalue weighted by atomic mass is 10.1. The van der Waals surface area contributed by atoms with E-state index in [4.69, 9.17) is 0 Å². The predicted octanol–water partition coefficient (Wildman–Crippen LogP) is 3.34. The van der Waals surface area contributed by atoms with E-state index in [0.29, 0.717) is 6.04 Å². The second-order valence-electron chi connectivity index (χ2n) is 4.38. The molecule has 0 bridgehead atoms. The monoisotopic (exact) mass is 228 g/mol. The molecule has 0 radical (unpaired) electrons. The van der Waals surface area contributed by atoms with Crippen molar-refractivity contribution >= 4 is 17.8 Å². The topological polar surface area (TPSA) is 15.6 Å². The first-order valence-electron chi connectivity index (χ1n) is 6.29. The normalized spacial score (nSPS) is 20.9. The summed E-state index contributed by atoms with van der Waals surface area (Å²) in [6.45, 7) is 6.71. The van der Waals surface area contributed by atoms with Crippen molar-refractivity contribution in [2.24, 2.45) is 4.99 Å². The molecule has 0 aromatic rings. The molecule has 1 aliphatic rings. The van der Waals surface area contributed by atoms with E-state index in [1.165, 1.54) is 38.5 Å². The fourth-order valence-electron chi connectivity index (χ4n) is 2.03. The zero-order valence-corrected chi connectivity index (χ0v) is 11.0. The van der Waals surface area contributed by atoms with Gasteiger partial charge in [0, 0.05) is 13.1 Å². The Hall–Kier alpha value is -0.180. The highest BCUT2D eigenvalue weighted by Gasteiger charge is 2.21. The van der Waals surface area contributed by atoms with E-state index in [1.807, 2.05) is 0 Å². The lowest BCUT2D eigenvalue weighted by Gasteiger charge is -2.18. The molecule has 1 unspecified atom stereocenters. The fraction of sp³-hybridized carbons (Fsp3) is 0.917. The standard InChI is InChI=1S/C12H24N2S/c1-3-5-6-7-9-14-10-11(8-4-2)13-12(14)15/h11H,3-10H2,1-2H3,(H,13,15). The van der Waals surface area contributed by atoms with Gasteiger partial charge in [-0.1, -0.05) is 39.5 Å². The van der Waals surface area contributed by atoms with Gasteiger partial charge < -0.3 is 4.90 Å². The van der Waals surface area contributed by atoms with E-state index in [1.54, 1.807) is 0 Å². The number of aliphatic imine (C=N–C) groups is 1. The van der Waals surface area contributed by atoms with Crippen LogP contribution in [0.5, 0.6) is 0 Å². The van der Waals surface area contributed by atoms with Crippen molar-refractivity contribution in [3.63, 3.8) is 0 Å². The van der Waals surface area contributed by atoms with Crippen LogP contribution in [0.1, 0.15) is 52.4 Å². The Morgan fingerprint density at radius 3 is 2.73 bits per heavy atom. The summed E-state index contributed by atoms with van der Waals surface area (Å²) in [6.07, 6.45) is 7.71. The van der Waals surface area contributed by atoms with E-state index in [2.05, 4.69) is 36.4 Å². The van der Waals surface area contributed by atoms with Gasteiger partial charge in [0.1, 0.15) is 0 Å². The van der Waals surface area contributed by atoms with Gasteiger partial charge in [-0.2, -0.15) is 0 Å². The van der Waals surface area contributed by atoms with Gasteiger partial charge in [0.05, 0.1) is 6.04 Å². The molecule has 0 spiro atoms. The summed E-state index contributed by atoms with van der Waals surface area (Å²) in [7, 11) is 0. The largest absolute Gasteiger partial charge is 0.350 e. The molecule has 0 N–H and O–H groups in total. The van der Waals surface area contributed by atoms with Gasteiger partial charge in [-0.25, -0.2) is 0 Å². The Bertz CT molecular complexity index is 204. The van der Waals surface area contributed by atoms with Crippen molar-refractivity contribution in [1.82, 2.24) is 4.90 Å². The van der Waals surface area contributed by atoms with Gasteiger partial charge >= 0.3 is 0 Å². The molecule has 0 aliphatic carbocycles. The smallest absolute Gasteiger partial charge is 0.156 e. The van der Waals surface area contributed by atoms with Crippen LogP contribution in [0.4, 0.5) is 0 Å². The first kappa shape index (κ1) is 12.9. The Kier molecular flexibility index (Phi) is 6.15. The van der Waals surface area contributed by atoms with Crippen molar-refractivity contribution in [2.45, 2.75) is 58.4 Å². The van der Waals surface area contributed by atoms with Crippen LogP contribution in [-0.4, -0.2) is 29.2 Å². The van der Waals surface area contributed by atoms with E-state index >= 15 is 0 Å². The van der Waals surface area contributed by atoms with Gasteiger partial charge in [0.2, 0.25) is 0 Å². The maximum Gasteiger partial charge on any atom is 0.156 e. The molecule has 1 heterocycles. The number of amidine groups is 1. The van der Waals surface area contributed by atoms with Crippen LogP contribution in [0, 0.1) is 0 Å². The molecule has 88 valence electrons. The zero-order chi connectivity index (χ0) is 11.1.